The van der Waals surface area contributed by atoms with Crippen molar-refractivity contribution in [1.82, 2.24) is 5.32 Å². The molecule has 0 saturated heterocycles. The number of nitrogens with one attached hydrogen (secondary N) is 1. The molecule has 1 nitrogen and oxygen atoms in total. The van der Waals surface area contributed by atoms with Gasteiger partial charge in [0.1, 0.15) is 0 Å². The Morgan fingerprint density at radius 3 is 2.82 bits per heavy atom. The molecule has 0 saturated carbocycles. The van der Waals surface area contributed by atoms with Crippen molar-refractivity contribution in [3.8, 4) is 0 Å². The first-order valence-corrected chi connectivity index (χ1v) is 7.48. The molecule has 2 rings (SSSR count). The maximum absolute atomic E-state index is 3.72. The third-order valence-electron chi connectivity index (χ3n) is 3.40. The highest BCUT2D eigenvalue weighted by atomic mass is 32.2. The third-order valence-corrected chi connectivity index (χ3v) is 4.72. The zero-order valence-corrected chi connectivity index (χ0v) is 11.9. The molecule has 1 N–H and O–H groups in total. The van der Waals surface area contributed by atoms with Gasteiger partial charge in [0.2, 0.25) is 0 Å². The summed E-state index contributed by atoms with van der Waals surface area (Å²) in [6.45, 7) is 7.99. The SMILES string of the molecule is CCCC(C)(C)NCC1Cc2ccccc2S1. The average Bonchev–Trinajstić information content (AvgIpc) is 2.69. The number of rotatable bonds is 5. The van der Waals surface area contributed by atoms with Crippen LogP contribution in [0.3, 0.4) is 0 Å². The van der Waals surface area contributed by atoms with E-state index in [0.29, 0.717) is 5.25 Å². The molecule has 0 radical (unpaired) electrons. The summed E-state index contributed by atoms with van der Waals surface area (Å²) in [6.07, 6.45) is 3.71. The van der Waals surface area contributed by atoms with Crippen LogP contribution in [0.4, 0.5) is 0 Å². The molecule has 94 valence electrons. The molecule has 1 unspecified atom stereocenters. The molecule has 0 bridgehead atoms. The van der Waals surface area contributed by atoms with Gasteiger partial charge in [-0.25, -0.2) is 0 Å². The van der Waals surface area contributed by atoms with Crippen LogP contribution in [0.15, 0.2) is 29.2 Å². The molecule has 0 aromatic heterocycles. The standard InChI is InChI=1S/C15H23NS/c1-4-9-15(2,3)16-11-13-10-12-7-5-6-8-14(12)17-13/h5-8,13,16H,4,9-11H2,1-3H3. The van der Waals surface area contributed by atoms with E-state index in [1.807, 2.05) is 11.8 Å². The molecule has 1 heterocycles. The first kappa shape index (κ1) is 13.0. The van der Waals surface area contributed by atoms with Gasteiger partial charge in [0, 0.05) is 22.2 Å². The molecule has 1 aromatic rings. The van der Waals surface area contributed by atoms with E-state index in [2.05, 4.69) is 50.4 Å². The zero-order chi connectivity index (χ0) is 12.3. The van der Waals surface area contributed by atoms with Crippen LogP contribution in [0.5, 0.6) is 0 Å². The summed E-state index contributed by atoms with van der Waals surface area (Å²) < 4.78 is 0. The molecular formula is C15H23NS. The van der Waals surface area contributed by atoms with Crippen LogP contribution >= 0.6 is 11.8 Å². The maximum Gasteiger partial charge on any atom is 0.0260 e. The molecule has 2 heteroatoms. The van der Waals surface area contributed by atoms with Crippen LogP contribution in [-0.2, 0) is 6.42 Å². The summed E-state index contributed by atoms with van der Waals surface area (Å²) in [5.74, 6) is 0. The minimum absolute atomic E-state index is 0.282. The van der Waals surface area contributed by atoms with E-state index in [1.54, 1.807) is 0 Å². The van der Waals surface area contributed by atoms with E-state index in [-0.39, 0.29) is 5.54 Å². The van der Waals surface area contributed by atoms with Gasteiger partial charge in [-0.1, -0.05) is 31.5 Å². The van der Waals surface area contributed by atoms with E-state index in [4.69, 9.17) is 0 Å². The van der Waals surface area contributed by atoms with Crippen molar-refractivity contribution in [2.75, 3.05) is 6.54 Å². The van der Waals surface area contributed by atoms with Gasteiger partial charge in [0.15, 0.2) is 0 Å². The van der Waals surface area contributed by atoms with Crippen LogP contribution < -0.4 is 5.32 Å². The minimum Gasteiger partial charge on any atom is -0.311 e. The molecule has 1 atom stereocenters. The average molecular weight is 249 g/mol. The molecule has 1 aliphatic heterocycles. The minimum atomic E-state index is 0.282. The predicted octanol–water partition coefficient (Wildman–Crippen LogP) is 3.87. The zero-order valence-electron chi connectivity index (χ0n) is 11.1. The summed E-state index contributed by atoms with van der Waals surface area (Å²) in [5, 5.41) is 4.43. The second kappa shape index (κ2) is 5.45. The van der Waals surface area contributed by atoms with Crippen molar-refractivity contribution >= 4 is 11.8 Å². The van der Waals surface area contributed by atoms with Gasteiger partial charge in [-0.2, -0.15) is 0 Å². The van der Waals surface area contributed by atoms with Crippen molar-refractivity contribution < 1.29 is 0 Å². The number of thioether (sulfide) groups is 1. The van der Waals surface area contributed by atoms with Crippen molar-refractivity contribution in [3.05, 3.63) is 29.8 Å². The molecule has 1 aliphatic rings. The molecule has 0 fully saturated rings. The molecule has 1 aromatic carbocycles. The van der Waals surface area contributed by atoms with Crippen LogP contribution in [0, 0.1) is 0 Å². The highest BCUT2D eigenvalue weighted by molar-refractivity contribution is 8.00. The van der Waals surface area contributed by atoms with Crippen LogP contribution in [0.1, 0.15) is 39.2 Å². The summed E-state index contributed by atoms with van der Waals surface area (Å²) >= 11 is 2.03. The largest absolute Gasteiger partial charge is 0.311 e. The number of hydrogen-bond acceptors (Lipinski definition) is 2. The van der Waals surface area contributed by atoms with Gasteiger partial charge < -0.3 is 5.32 Å². The fourth-order valence-electron chi connectivity index (χ4n) is 2.47. The van der Waals surface area contributed by atoms with E-state index in [0.717, 1.165) is 6.54 Å². The normalized spacial score (nSPS) is 19.4. The summed E-state index contributed by atoms with van der Waals surface area (Å²) in [5.41, 5.74) is 1.81. The van der Waals surface area contributed by atoms with E-state index < -0.39 is 0 Å². The van der Waals surface area contributed by atoms with Crippen LogP contribution in [-0.4, -0.2) is 17.3 Å². The Labute approximate surface area is 109 Å². The van der Waals surface area contributed by atoms with Gasteiger partial charge in [-0.05, 0) is 38.3 Å². The fourth-order valence-corrected chi connectivity index (χ4v) is 3.72. The van der Waals surface area contributed by atoms with E-state index >= 15 is 0 Å². The van der Waals surface area contributed by atoms with Crippen LogP contribution in [0.2, 0.25) is 0 Å². The Hall–Kier alpha value is -0.470. The molecular weight excluding hydrogens is 226 g/mol. The van der Waals surface area contributed by atoms with Crippen molar-refractivity contribution in [2.45, 2.75) is 55.7 Å². The summed E-state index contributed by atoms with van der Waals surface area (Å²) in [7, 11) is 0. The number of hydrogen-bond donors (Lipinski definition) is 1. The quantitative estimate of drug-likeness (QED) is 0.850. The fraction of sp³-hybridized carbons (Fsp3) is 0.600. The summed E-state index contributed by atoms with van der Waals surface area (Å²) in [6, 6.07) is 8.80. The Kier molecular flexibility index (Phi) is 4.16. The van der Waals surface area contributed by atoms with Gasteiger partial charge in [-0.15, -0.1) is 11.8 Å². The van der Waals surface area contributed by atoms with Crippen molar-refractivity contribution in [1.29, 1.82) is 0 Å². The smallest absolute Gasteiger partial charge is 0.0260 e. The van der Waals surface area contributed by atoms with Gasteiger partial charge in [0.25, 0.3) is 0 Å². The lowest BCUT2D eigenvalue weighted by molar-refractivity contribution is 0.360. The molecule has 0 aliphatic carbocycles. The highest BCUT2D eigenvalue weighted by Crippen LogP contribution is 2.36. The Bertz CT molecular complexity index is 348. The lowest BCUT2D eigenvalue weighted by Gasteiger charge is -2.27. The van der Waals surface area contributed by atoms with Crippen molar-refractivity contribution in [2.24, 2.45) is 0 Å². The maximum atomic E-state index is 3.72. The van der Waals surface area contributed by atoms with Gasteiger partial charge in [-0.3, -0.25) is 0 Å². The number of fused-ring (bicyclic) bond motifs is 1. The first-order chi connectivity index (χ1) is 8.11. The monoisotopic (exact) mass is 249 g/mol. The Balaban J connectivity index is 1.84. The molecule has 0 spiro atoms. The van der Waals surface area contributed by atoms with Gasteiger partial charge >= 0.3 is 0 Å². The third kappa shape index (κ3) is 3.49. The van der Waals surface area contributed by atoms with Crippen LogP contribution in [0.25, 0.3) is 0 Å². The van der Waals surface area contributed by atoms with Crippen molar-refractivity contribution in [3.63, 3.8) is 0 Å². The Morgan fingerprint density at radius 2 is 2.12 bits per heavy atom. The van der Waals surface area contributed by atoms with E-state index in [9.17, 15) is 0 Å². The summed E-state index contributed by atoms with van der Waals surface area (Å²) in [4.78, 5) is 1.48. The highest BCUT2D eigenvalue weighted by Gasteiger charge is 2.24. The van der Waals surface area contributed by atoms with E-state index in [1.165, 1.54) is 29.7 Å². The predicted molar refractivity (Wildman–Crippen MR) is 76.8 cm³/mol. The lowest BCUT2D eigenvalue weighted by Crippen LogP contribution is -2.42. The second-order valence-electron chi connectivity index (χ2n) is 5.57. The molecule has 17 heavy (non-hydrogen) atoms. The first-order valence-electron chi connectivity index (χ1n) is 6.60. The number of benzene rings is 1. The topological polar surface area (TPSA) is 12.0 Å². The molecule has 0 amide bonds. The second-order valence-corrected chi connectivity index (χ2v) is 6.91. The Morgan fingerprint density at radius 1 is 1.35 bits per heavy atom. The lowest BCUT2D eigenvalue weighted by atomic mass is 9.98. The van der Waals surface area contributed by atoms with Gasteiger partial charge in [0.05, 0.1) is 0 Å².